The van der Waals surface area contributed by atoms with Gasteiger partial charge in [-0.15, -0.1) is 6.42 Å². The number of hydrogen-bond donors (Lipinski definition) is 2. The third-order valence-corrected chi connectivity index (χ3v) is 2.86. The molecule has 0 saturated carbocycles. The Balaban J connectivity index is 2.74. The van der Waals surface area contributed by atoms with Crippen molar-refractivity contribution in [3.05, 3.63) is 59.2 Å². The lowest BCUT2D eigenvalue weighted by Gasteiger charge is -2.10. The van der Waals surface area contributed by atoms with E-state index < -0.39 is 11.9 Å². The van der Waals surface area contributed by atoms with E-state index in [1.54, 1.807) is 24.3 Å². The van der Waals surface area contributed by atoms with Gasteiger partial charge in [0, 0.05) is 5.56 Å². The molecule has 2 aromatic carbocycles. The maximum atomic E-state index is 11.3. The van der Waals surface area contributed by atoms with Crippen LogP contribution in [-0.2, 0) is 0 Å². The van der Waals surface area contributed by atoms with E-state index >= 15 is 0 Å². The Morgan fingerprint density at radius 2 is 1.50 bits per heavy atom. The monoisotopic (exact) mass is 266 g/mol. The smallest absolute Gasteiger partial charge is 0.336 e. The Morgan fingerprint density at radius 3 is 2.10 bits per heavy atom. The van der Waals surface area contributed by atoms with Crippen LogP contribution in [0.1, 0.15) is 26.3 Å². The van der Waals surface area contributed by atoms with Crippen molar-refractivity contribution >= 4 is 11.9 Å². The zero-order valence-electron chi connectivity index (χ0n) is 10.3. The van der Waals surface area contributed by atoms with Crippen molar-refractivity contribution in [2.45, 2.75) is 0 Å². The minimum Gasteiger partial charge on any atom is -0.478 e. The van der Waals surface area contributed by atoms with Crippen molar-refractivity contribution in [1.82, 2.24) is 0 Å². The molecule has 0 heterocycles. The van der Waals surface area contributed by atoms with Crippen molar-refractivity contribution in [3.8, 4) is 23.5 Å². The van der Waals surface area contributed by atoms with Crippen LogP contribution >= 0.6 is 0 Å². The molecule has 0 aliphatic carbocycles. The zero-order chi connectivity index (χ0) is 14.7. The molecule has 0 amide bonds. The molecule has 0 bridgehead atoms. The quantitative estimate of drug-likeness (QED) is 0.838. The van der Waals surface area contributed by atoms with Gasteiger partial charge in [-0.1, -0.05) is 30.2 Å². The minimum absolute atomic E-state index is 0.0193. The van der Waals surface area contributed by atoms with Gasteiger partial charge in [-0.05, 0) is 29.3 Å². The summed E-state index contributed by atoms with van der Waals surface area (Å²) >= 11 is 0. The summed E-state index contributed by atoms with van der Waals surface area (Å²) < 4.78 is 0. The van der Waals surface area contributed by atoms with E-state index in [1.165, 1.54) is 18.2 Å². The van der Waals surface area contributed by atoms with Crippen LogP contribution in [0.4, 0.5) is 0 Å². The Kier molecular flexibility index (Phi) is 3.54. The van der Waals surface area contributed by atoms with Crippen LogP contribution in [0, 0.1) is 12.3 Å². The number of benzene rings is 2. The van der Waals surface area contributed by atoms with Crippen LogP contribution in [0.15, 0.2) is 42.5 Å². The molecule has 0 aromatic heterocycles. The molecule has 2 N–H and O–H groups in total. The summed E-state index contributed by atoms with van der Waals surface area (Å²) in [5.74, 6) is 0.0904. The topological polar surface area (TPSA) is 74.6 Å². The number of carbonyl (C=O) groups is 2. The van der Waals surface area contributed by atoms with E-state index in [4.69, 9.17) is 6.42 Å². The van der Waals surface area contributed by atoms with Crippen LogP contribution in [0.2, 0.25) is 0 Å². The molecule has 98 valence electrons. The molecule has 2 rings (SSSR count). The summed E-state index contributed by atoms with van der Waals surface area (Å²) in [6, 6.07) is 10.7. The Hall–Kier alpha value is -3.06. The lowest BCUT2D eigenvalue weighted by atomic mass is 9.94. The molecular weight excluding hydrogens is 256 g/mol. The van der Waals surface area contributed by atoms with Crippen molar-refractivity contribution in [1.29, 1.82) is 0 Å². The standard InChI is InChI=1S/C16H10O4/c1-2-10-7-8-12(14(9-10)16(19)20)11-5-3-4-6-13(11)15(17)18/h1,3-9H,(H,17,18)(H,19,20). The lowest BCUT2D eigenvalue weighted by Crippen LogP contribution is -2.04. The summed E-state index contributed by atoms with van der Waals surface area (Å²) in [5.41, 5.74) is 1.13. The predicted molar refractivity (Wildman–Crippen MR) is 73.7 cm³/mol. The largest absolute Gasteiger partial charge is 0.478 e. The van der Waals surface area contributed by atoms with Crippen LogP contribution in [0.5, 0.6) is 0 Å². The Morgan fingerprint density at radius 1 is 0.900 bits per heavy atom. The highest BCUT2D eigenvalue weighted by molar-refractivity contribution is 6.02. The molecule has 4 heteroatoms. The van der Waals surface area contributed by atoms with Gasteiger partial charge in [0.2, 0.25) is 0 Å². The van der Waals surface area contributed by atoms with E-state index in [1.807, 2.05) is 0 Å². The number of terminal acetylenes is 1. The van der Waals surface area contributed by atoms with E-state index in [2.05, 4.69) is 5.92 Å². The highest BCUT2D eigenvalue weighted by Crippen LogP contribution is 2.28. The van der Waals surface area contributed by atoms with Gasteiger partial charge in [-0.2, -0.15) is 0 Å². The number of aromatic carboxylic acids is 2. The van der Waals surface area contributed by atoms with Gasteiger partial charge in [0.05, 0.1) is 11.1 Å². The summed E-state index contributed by atoms with van der Waals surface area (Å²) in [4.78, 5) is 22.5. The fraction of sp³-hybridized carbons (Fsp3) is 0. The molecule has 0 atom stereocenters. The first kappa shape index (κ1) is 13.4. The SMILES string of the molecule is C#Cc1ccc(-c2ccccc2C(=O)O)c(C(=O)O)c1. The number of hydrogen-bond acceptors (Lipinski definition) is 2. The van der Waals surface area contributed by atoms with Gasteiger partial charge in [0.25, 0.3) is 0 Å². The van der Waals surface area contributed by atoms with Crippen molar-refractivity contribution < 1.29 is 19.8 Å². The van der Waals surface area contributed by atoms with Gasteiger partial charge < -0.3 is 10.2 Å². The van der Waals surface area contributed by atoms with Crippen LogP contribution < -0.4 is 0 Å². The van der Waals surface area contributed by atoms with E-state index in [0.717, 1.165) is 0 Å². The van der Waals surface area contributed by atoms with Crippen molar-refractivity contribution in [2.24, 2.45) is 0 Å². The number of carboxylic acids is 2. The normalized spacial score (nSPS) is 9.75. The first-order chi connectivity index (χ1) is 9.54. The number of rotatable bonds is 3. The average molecular weight is 266 g/mol. The molecule has 0 radical (unpaired) electrons. The van der Waals surface area contributed by atoms with Gasteiger partial charge in [-0.3, -0.25) is 0 Å². The first-order valence-electron chi connectivity index (χ1n) is 5.71. The Bertz CT molecular complexity index is 738. The van der Waals surface area contributed by atoms with Gasteiger partial charge in [-0.25, -0.2) is 9.59 Å². The predicted octanol–water partition coefficient (Wildman–Crippen LogP) is 2.73. The summed E-state index contributed by atoms with van der Waals surface area (Å²) in [6.45, 7) is 0. The van der Waals surface area contributed by atoms with Crippen LogP contribution in [-0.4, -0.2) is 22.2 Å². The minimum atomic E-state index is -1.16. The fourth-order valence-electron chi connectivity index (χ4n) is 1.95. The highest BCUT2D eigenvalue weighted by atomic mass is 16.4. The van der Waals surface area contributed by atoms with Crippen LogP contribution in [0.25, 0.3) is 11.1 Å². The second kappa shape index (κ2) is 5.29. The molecule has 0 spiro atoms. The Labute approximate surface area is 115 Å². The summed E-state index contributed by atoms with van der Waals surface area (Å²) in [6.07, 6.45) is 5.25. The second-order valence-electron chi connectivity index (χ2n) is 4.06. The second-order valence-corrected chi connectivity index (χ2v) is 4.06. The van der Waals surface area contributed by atoms with E-state index in [0.29, 0.717) is 16.7 Å². The van der Waals surface area contributed by atoms with Gasteiger partial charge >= 0.3 is 11.9 Å². The molecule has 0 saturated heterocycles. The zero-order valence-corrected chi connectivity index (χ0v) is 10.3. The lowest BCUT2D eigenvalue weighted by molar-refractivity contribution is 0.0684. The first-order valence-corrected chi connectivity index (χ1v) is 5.71. The molecule has 0 aliphatic heterocycles. The molecule has 2 aromatic rings. The molecule has 4 nitrogen and oxygen atoms in total. The third-order valence-electron chi connectivity index (χ3n) is 2.86. The molecular formula is C16H10O4. The van der Waals surface area contributed by atoms with Gasteiger partial charge in [0.1, 0.15) is 0 Å². The summed E-state index contributed by atoms with van der Waals surface area (Å²) in [5, 5.41) is 18.4. The maximum absolute atomic E-state index is 11.3. The third kappa shape index (κ3) is 2.38. The molecule has 20 heavy (non-hydrogen) atoms. The van der Waals surface area contributed by atoms with E-state index in [9.17, 15) is 19.8 Å². The molecule has 0 unspecified atom stereocenters. The van der Waals surface area contributed by atoms with Crippen molar-refractivity contribution in [3.63, 3.8) is 0 Å². The fourth-order valence-corrected chi connectivity index (χ4v) is 1.95. The van der Waals surface area contributed by atoms with Crippen LogP contribution in [0.3, 0.4) is 0 Å². The molecule has 0 fully saturated rings. The maximum Gasteiger partial charge on any atom is 0.336 e. The molecule has 0 aliphatic rings. The van der Waals surface area contributed by atoms with Gasteiger partial charge in [0.15, 0.2) is 0 Å². The highest BCUT2D eigenvalue weighted by Gasteiger charge is 2.17. The average Bonchev–Trinajstić information content (AvgIpc) is 2.46. The van der Waals surface area contributed by atoms with E-state index in [-0.39, 0.29) is 11.1 Å². The van der Waals surface area contributed by atoms with Crippen molar-refractivity contribution in [2.75, 3.05) is 0 Å². The number of carboxylic acid groups (broad SMARTS) is 2. The summed E-state index contributed by atoms with van der Waals surface area (Å²) in [7, 11) is 0.